The summed E-state index contributed by atoms with van der Waals surface area (Å²) in [6.07, 6.45) is 5.18. The van der Waals surface area contributed by atoms with Crippen LogP contribution in [0.25, 0.3) is 0 Å². The third kappa shape index (κ3) is 10.2. The summed E-state index contributed by atoms with van der Waals surface area (Å²) < 4.78 is 5.20. The fourth-order valence-corrected chi connectivity index (χ4v) is 3.43. The van der Waals surface area contributed by atoms with E-state index in [-0.39, 0.29) is 35.8 Å². The maximum absolute atomic E-state index is 12.0. The number of piperidine rings is 1. The van der Waals surface area contributed by atoms with Crippen LogP contribution in [0.2, 0.25) is 0 Å². The highest BCUT2D eigenvalue weighted by Gasteiger charge is 2.21. The van der Waals surface area contributed by atoms with Gasteiger partial charge < -0.3 is 25.7 Å². The fourth-order valence-electron chi connectivity index (χ4n) is 3.43. The smallest absolute Gasteiger partial charge is 0.287 e. The Balaban J connectivity index is 0.00000512. The third-order valence-corrected chi connectivity index (χ3v) is 5.17. The van der Waals surface area contributed by atoms with Gasteiger partial charge in [-0.05, 0) is 45.6 Å². The molecule has 10 heteroatoms. The lowest BCUT2D eigenvalue weighted by Gasteiger charge is -2.32. The molecule has 2 rings (SSSR count). The third-order valence-electron chi connectivity index (χ3n) is 5.17. The van der Waals surface area contributed by atoms with E-state index in [1.165, 1.54) is 6.26 Å². The van der Waals surface area contributed by atoms with Crippen molar-refractivity contribution in [3.8, 4) is 0 Å². The number of nitrogens with zero attached hydrogens (tertiary/aromatic N) is 2. The first-order chi connectivity index (χ1) is 15.0. The van der Waals surface area contributed by atoms with Gasteiger partial charge >= 0.3 is 0 Å². The van der Waals surface area contributed by atoms with Crippen LogP contribution in [0.5, 0.6) is 0 Å². The topological polar surface area (TPSA) is 111 Å². The normalized spacial score (nSPS) is 15.0. The number of hydrogen-bond donors (Lipinski definition) is 4. The van der Waals surface area contributed by atoms with Gasteiger partial charge in [0.1, 0.15) is 0 Å². The molecule has 1 aromatic heterocycles. The van der Waals surface area contributed by atoms with E-state index >= 15 is 0 Å². The SMILES string of the molecule is CCCNC(=O)CN1CCC(NC(=NCCCNC(=O)c2occc2C)NCC)CC1.I. The Kier molecular flexibility index (Phi) is 14.0. The molecule has 1 saturated heterocycles. The van der Waals surface area contributed by atoms with Gasteiger partial charge in [0.25, 0.3) is 5.91 Å². The lowest BCUT2D eigenvalue weighted by molar-refractivity contribution is -0.122. The minimum Gasteiger partial charge on any atom is -0.459 e. The molecule has 0 unspecified atom stereocenters. The Morgan fingerprint density at radius 2 is 1.91 bits per heavy atom. The second-order valence-electron chi connectivity index (χ2n) is 7.85. The lowest BCUT2D eigenvalue weighted by atomic mass is 10.1. The monoisotopic (exact) mass is 562 g/mol. The second-order valence-corrected chi connectivity index (χ2v) is 7.85. The predicted octanol–water partition coefficient (Wildman–Crippen LogP) is 1.87. The molecule has 2 amide bonds. The Hall–Kier alpha value is -1.82. The standard InChI is InChI=1S/C22H38N6O3.HI/c1-4-10-24-19(29)16-28-13-7-18(8-14-28)27-22(23-5-2)26-12-6-11-25-21(30)20-17(3)9-15-31-20;/h9,15,18H,4-8,10-14,16H2,1-3H3,(H,24,29)(H,25,30)(H2,23,26,27);1H. The lowest BCUT2D eigenvalue weighted by Crippen LogP contribution is -2.50. The maximum atomic E-state index is 12.0. The molecule has 0 radical (unpaired) electrons. The number of nitrogens with one attached hydrogen (secondary N) is 4. The van der Waals surface area contributed by atoms with E-state index in [1.807, 2.05) is 13.8 Å². The van der Waals surface area contributed by atoms with Gasteiger partial charge in [0.05, 0.1) is 12.8 Å². The van der Waals surface area contributed by atoms with Gasteiger partial charge in [-0.15, -0.1) is 24.0 Å². The zero-order valence-corrected chi connectivity index (χ0v) is 21.9. The number of hydrogen-bond acceptors (Lipinski definition) is 5. The summed E-state index contributed by atoms with van der Waals surface area (Å²) in [5.41, 5.74) is 0.835. The van der Waals surface area contributed by atoms with Crippen molar-refractivity contribution in [2.75, 3.05) is 45.8 Å². The van der Waals surface area contributed by atoms with Crippen molar-refractivity contribution in [1.82, 2.24) is 26.2 Å². The molecule has 2 heterocycles. The van der Waals surface area contributed by atoms with Gasteiger partial charge in [-0.3, -0.25) is 19.5 Å². The molecule has 32 heavy (non-hydrogen) atoms. The molecular weight excluding hydrogens is 523 g/mol. The minimum absolute atomic E-state index is 0. The van der Waals surface area contributed by atoms with Crippen LogP contribution in [0.4, 0.5) is 0 Å². The van der Waals surface area contributed by atoms with Crippen LogP contribution in [0.15, 0.2) is 21.7 Å². The number of amides is 2. The Morgan fingerprint density at radius 1 is 1.16 bits per heavy atom. The van der Waals surface area contributed by atoms with Crippen molar-refractivity contribution in [3.05, 3.63) is 23.7 Å². The number of likely N-dealkylation sites (tertiary alicyclic amines) is 1. The number of aliphatic imine (C=N–C) groups is 1. The summed E-state index contributed by atoms with van der Waals surface area (Å²) >= 11 is 0. The molecule has 0 bridgehead atoms. The highest BCUT2D eigenvalue weighted by atomic mass is 127. The van der Waals surface area contributed by atoms with E-state index in [0.29, 0.717) is 31.4 Å². The summed E-state index contributed by atoms with van der Waals surface area (Å²) in [4.78, 5) is 30.8. The van der Waals surface area contributed by atoms with E-state index in [0.717, 1.165) is 63.4 Å². The van der Waals surface area contributed by atoms with Crippen LogP contribution in [0, 0.1) is 6.92 Å². The molecule has 0 aromatic carbocycles. The predicted molar refractivity (Wildman–Crippen MR) is 138 cm³/mol. The van der Waals surface area contributed by atoms with E-state index in [2.05, 4.69) is 38.1 Å². The van der Waals surface area contributed by atoms with Crippen molar-refractivity contribution >= 4 is 41.8 Å². The first-order valence-corrected chi connectivity index (χ1v) is 11.4. The Labute approximate surface area is 208 Å². The molecule has 0 aliphatic carbocycles. The summed E-state index contributed by atoms with van der Waals surface area (Å²) in [6.45, 7) is 10.9. The van der Waals surface area contributed by atoms with E-state index < -0.39 is 0 Å². The van der Waals surface area contributed by atoms with Crippen molar-refractivity contribution in [1.29, 1.82) is 0 Å². The van der Waals surface area contributed by atoms with Gasteiger partial charge in [0, 0.05) is 50.9 Å². The van der Waals surface area contributed by atoms with Gasteiger partial charge in [-0.2, -0.15) is 0 Å². The van der Waals surface area contributed by atoms with Gasteiger partial charge in [-0.1, -0.05) is 6.92 Å². The van der Waals surface area contributed by atoms with Crippen molar-refractivity contribution < 1.29 is 14.0 Å². The zero-order valence-electron chi connectivity index (χ0n) is 19.5. The van der Waals surface area contributed by atoms with Crippen LogP contribution >= 0.6 is 24.0 Å². The zero-order chi connectivity index (χ0) is 22.5. The van der Waals surface area contributed by atoms with Crippen LogP contribution in [0.3, 0.4) is 0 Å². The average Bonchev–Trinajstić information content (AvgIpc) is 3.19. The summed E-state index contributed by atoms with van der Waals surface area (Å²) in [7, 11) is 0. The molecule has 0 spiro atoms. The summed E-state index contributed by atoms with van der Waals surface area (Å²) in [5.74, 6) is 1.09. The minimum atomic E-state index is -0.188. The van der Waals surface area contributed by atoms with Crippen LogP contribution in [-0.4, -0.2) is 74.5 Å². The van der Waals surface area contributed by atoms with Gasteiger partial charge in [0.15, 0.2) is 11.7 Å². The highest BCUT2D eigenvalue weighted by molar-refractivity contribution is 14.0. The van der Waals surface area contributed by atoms with Crippen LogP contribution < -0.4 is 21.3 Å². The number of halogens is 1. The number of guanidine groups is 1. The first kappa shape index (κ1) is 28.2. The number of carbonyl (C=O) groups is 2. The maximum Gasteiger partial charge on any atom is 0.287 e. The van der Waals surface area contributed by atoms with Crippen LogP contribution in [0.1, 0.15) is 55.6 Å². The molecule has 0 atom stereocenters. The Morgan fingerprint density at radius 3 is 2.53 bits per heavy atom. The number of carbonyl (C=O) groups excluding carboxylic acids is 2. The molecule has 9 nitrogen and oxygen atoms in total. The van der Waals surface area contributed by atoms with Gasteiger partial charge in [0.2, 0.25) is 5.91 Å². The molecule has 1 aliphatic heterocycles. The van der Waals surface area contributed by atoms with Crippen molar-refractivity contribution in [3.63, 3.8) is 0 Å². The number of rotatable bonds is 11. The van der Waals surface area contributed by atoms with Gasteiger partial charge in [-0.25, -0.2) is 0 Å². The van der Waals surface area contributed by atoms with Crippen molar-refractivity contribution in [2.24, 2.45) is 4.99 Å². The average molecular weight is 562 g/mol. The molecule has 1 fully saturated rings. The van der Waals surface area contributed by atoms with E-state index in [1.54, 1.807) is 6.07 Å². The van der Waals surface area contributed by atoms with Crippen LogP contribution in [-0.2, 0) is 4.79 Å². The van der Waals surface area contributed by atoms with E-state index in [4.69, 9.17) is 4.42 Å². The highest BCUT2D eigenvalue weighted by Crippen LogP contribution is 2.10. The Bertz CT molecular complexity index is 716. The summed E-state index contributed by atoms with van der Waals surface area (Å²) in [5, 5.41) is 12.6. The largest absolute Gasteiger partial charge is 0.459 e. The number of furan rings is 1. The summed E-state index contributed by atoms with van der Waals surface area (Å²) in [6, 6.07) is 2.12. The quantitative estimate of drug-likeness (QED) is 0.142. The first-order valence-electron chi connectivity index (χ1n) is 11.4. The fraction of sp³-hybridized carbons (Fsp3) is 0.682. The molecule has 1 aliphatic rings. The molecule has 0 saturated carbocycles. The van der Waals surface area contributed by atoms with E-state index in [9.17, 15) is 9.59 Å². The second kappa shape index (κ2) is 15.9. The number of aryl methyl sites for hydroxylation is 1. The molecule has 4 N–H and O–H groups in total. The molecule has 182 valence electrons. The molecular formula is C22H39IN6O3. The molecule has 1 aromatic rings. The van der Waals surface area contributed by atoms with Crippen molar-refractivity contribution in [2.45, 2.75) is 52.5 Å².